The van der Waals surface area contributed by atoms with Gasteiger partial charge in [-0.2, -0.15) is 0 Å². The topological polar surface area (TPSA) is 222 Å². The number of benzene rings is 2. The van der Waals surface area contributed by atoms with Crippen molar-refractivity contribution in [3.05, 3.63) is 58.1 Å². The van der Waals surface area contributed by atoms with Gasteiger partial charge in [-0.3, -0.25) is 10.6 Å². The molecule has 2 atom stereocenters. The van der Waals surface area contributed by atoms with Gasteiger partial charge in [-0.05, 0) is 75.3 Å². The Kier molecular flexibility index (Phi) is 23.1. The molecule has 16 nitrogen and oxygen atoms in total. The Morgan fingerprint density at radius 2 is 0.891 bits per heavy atom. The van der Waals surface area contributed by atoms with Crippen LogP contribution in [0.4, 0.5) is 21.0 Å². The molecule has 55 heavy (non-hydrogen) atoms. The van der Waals surface area contributed by atoms with Gasteiger partial charge in [0.15, 0.2) is 0 Å². The van der Waals surface area contributed by atoms with Crippen molar-refractivity contribution in [3.8, 4) is 0 Å². The van der Waals surface area contributed by atoms with E-state index in [4.69, 9.17) is 28.4 Å². The predicted molar refractivity (Wildman–Crippen MR) is 202 cm³/mol. The van der Waals surface area contributed by atoms with E-state index in [1.54, 1.807) is 45.9 Å². The molecule has 2 aromatic carbocycles. The molecule has 0 heterocycles. The van der Waals surface area contributed by atoms with Gasteiger partial charge in [-0.15, -0.1) is 0 Å². The fraction of sp³-hybridized carbons (Fsp3) is 0.538. The molecule has 0 saturated heterocycles. The lowest BCUT2D eigenvalue weighted by Gasteiger charge is -2.16. The van der Waals surface area contributed by atoms with Crippen molar-refractivity contribution in [1.29, 1.82) is 0 Å². The smallest absolute Gasteiger partial charge is 0.411 e. The van der Waals surface area contributed by atoms with Crippen LogP contribution >= 0.6 is 0 Å². The molecule has 0 saturated carbocycles. The van der Waals surface area contributed by atoms with Crippen molar-refractivity contribution in [3.63, 3.8) is 0 Å². The lowest BCUT2D eigenvalue weighted by molar-refractivity contribution is 0.0234. The molecule has 0 bridgehead atoms. The van der Waals surface area contributed by atoms with E-state index in [0.29, 0.717) is 50.3 Å². The number of amides is 2. The highest BCUT2D eigenvalue weighted by Gasteiger charge is 2.29. The normalized spacial score (nSPS) is 11.4. The molecule has 0 aliphatic carbocycles. The molecule has 0 fully saturated rings. The average molecular weight is 777 g/mol. The summed E-state index contributed by atoms with van der Waals surface area (Å²) in [5, 5.41) is 24.7. The van der Waals surface area contributed by atoms with E-state index in [2.05, 4.69) is 10.6 Å². The molecular formula is C39H56N2O14. The molecule has 0 aliphatic rings. The van der Waals surface area contributed by atoms with Gasteiger partial charge in [0.25, 0.3) is 0 Å². The van der Waals surface area contributed by atoms with Crippen LogP contribution in [0.15, 0.2) is 30.3 Å². The summed E-state index contributed by atoms with van der Waals surface area (Å²) in [5.41, 5.74) is 0.753. The first kappa shape index (κ1) is 47.8. The average Bonchev–Trinajstić information content (AvgIpc) is 3.18. The molecule has 2 rings (SSSR count). The van der Waals surface area contributed by atoms with Crippen LogP contribution in [0.1, 0.15) is 127 Å². The Morgan fingerprint density at radius 1 is 0.527 bits per heavy atom. The zero-order chi connectivity index (χ0) is 41.3. The highest BCUT2D eigenvalue weighted by atomic mass is 16.6. The number of aliphatic hydroxyl groups is 2. The van der Waals surface area contributed by atoms with Crippen molar-refractivity contribution < 1.29 is 67.4 Å². The first-order valence-corrected chi connectivity index (χ1v) is 18.5. The van der Waals surface area contributed by atoms with Gasteiger partial charge in [0, 0.05) is 11.4 Å². The third-order valence-corrected chi connectivity index (χ3v) is 7.26. The number of carbonyl (C=O) groups is 6. The third-order valence-electron chi connectivity index (χ3n) is 7.26. The minimum Gasteiger partial charge on any atom is -0.462 e. The van der Waals surface area contributed by atoms with Gasteiger partial charge in [0.2, 0.25) is 0 Å². The first-order valence-electron chi connectivity index (χ1n) is 18.5. The van der Waals surface area contributed by atoms with Crippen LogP contribution in [0.2, 0.25) is 0 Å². The van der Waals surface area contributed by atoms with Crippen molar-refractivity contribution in [2.24, 2.45) is 0 Å². The first-order chi connectivity index (χ1) is 26.3. The molecule has 2 unspecified atom stereocenters. The van der Waals surface area contributed by atoms with Gasteiger partial charge < -0.3 is 38.6 Å². The van der Waals surface area contributed by atoms with Crippen LogP contribution in [-0.2, 0) is 28.4 Å². The lowest BCUT2D eigenvalue weighted by atomic mass is 9.97. The number of aliphatic hydroxyl groups excluding tert-OH is 2. The number of carbonyl (C=O) groups excluding carboxylic acids is 6. The fourth-order valence-electron chi connectivity index (χ4n) is 4.08. The number of aryl methyl sites for hydroxylation is 1. The van der Waals surface area contributed by atoms with Crippen molar-refractivity contribution in [1.82, 2.24) is 0 Å². The van der Waals surface area contributed by atoms with Gasteiger partial charge in [-0.1, -0.05) is 47.6 Å². The quantitative estimate of drug-likeness (QED) is 0.0823. The Hall–Kier alpha value is -5.22. The van der Waals surface area contributed by atoms with Crippen LogP contribution in [0.5, 0.6) is 0 Å². The summed E-state index contributed by atoms with van der Waals surface area (Å²) in [6.45, 7) is 12.9. The zero-order valence-corrected chi connectivity index (χ0v) is 32.8. The van der Waals surface area contributed by atoms with E-state index < -0.39 is 48.3 Å². The van der Waals surface area contributed by atoms with E-state index >= 15 is 0 Å². The molecule has 0 spiro atoms. The number of rotatable bonds is 20. The molecule has 306 valence electrons. The van der Waals surface area contributed by atoms with Crippen LogP contribution < -0.4 is 10.6 Å². The Balaban J connectivity index is 0.000000615. The number of esters is 4. The number of hydrogen-bond donors (Lipinski definition) is 4. The van der Waals surface area contributed by atoms with Gasteiger partial charge in [-0.25, -0.2) is 28.8 Å². The minimum absolute atomic E-state index is 0.0657. The summed E-state index contributed by atoms with van der Waals surface area (Å²) in [6, 6.07) is 7.24. The number of anilines is 2. The predicted octanol–water partition coefficient (Wildman–Crippen LogP) is 6.59. The van der Waals surface area contributed by atoms with E-state index in [0.717, 1.165) is 30.5 Å². The highest BCUT2D eigenvalue weighted by Crippen LogP contribution is 2.23. The maximum Gasteiger partial charge on any atom is 0.411 e. The Bertz CT molecular complexity index is 1500. The van der Waals surface area contributed by atoms with Gasteiger partial charge >= 0.3 is 36.1 Å². The van der Waals surface area contributed by atoms with E-state index in [1.165, 1.54) is 0 Å². The molecule has 0 aliphatic heterocycles. The highest BCUT2D eigenvalue weighted by molar-refractivity contribution is 6.10. The largest absolute Gasteiger partial charge is 0.462 e. The second-order valence-electron chi connectivity index (χ2n) is 12.1. The molecular weight excluding hydrogens is 720 g/mol. The summed E-state index contributed by atoms with van der Waals surface area (Å²) in [5.74, 6) is -3.77. The molecule has 2 aromatic rings. The monoisotopic (exact) mass is 776 g/mol. The SMILES string of the molecule is CCCOC(=O)Nc1ccc(C)c(NC(=O)OCCC)c1.CCCOC(=O)c1cc(C(=O)OCCC)c(C(=O)OCC(O)CC)cc1C(=O)OCC(O)CC. The van der Waals surface area contributed by atoms with E-state index in [9.17, 15) is 39.0 Å². The zero-order valence-electron chi connectivity index (χ0n) is 32.8. The van der Waals surface area contributed by atoms with Crippen LogP contribution in [0.3, 0.4) is 0 Å². The van der Waals surface area contributed by atoms with Crippen molar-refractivity contribution >= 4 is 47.4 Å². The Morgan fingerprint density at radius 3 is 1.27 bits per heavy atom. The maximum absolute atomic E-state index is 12.8. The summed E-state index contributed by atoms with van der Waals surface area (Å²) in [6.07, 6.45) is 0.370. The van der Waals surface area contributed by atoms with Crippen LogP contribution in [-0.4, -0.2) is 98.1 Å². The van der Waals surface area contributed by atoms with E-state index in [1.807, 2.05) is 20.8 Å². The number of ether oxygens (including phenoxy) is 6. The second kappa shape index (κ2) is 26.5. The van der Waals surface area contributed by atoms with E-state index in [-0.39, 0.29) is 48.7 Å². The molecule has 0 radical (unpaired) electrons. The number of hydrogen-bond acceptors (Lipinski definition) is 14. The minimum atomic E-state index is -0.993. The second-order valence-corrected chi connectivity index (χ2v) is 12.1. The molecule has 4 N–H and O–H groups in total. The van der Waals surface area contributed by atoms with Crippen molar-refractivity contribution in [2.75, 3.05) is 50.3 Å². The fourth-order valence-corrected chi connectivity index (χ4v) is 4.08. The lowest BCUT2D eigenvalue weighted by Crippen LogP contribution is -2.24. The summed E-state index contributed by atoms with van der Waals surface area (Å²) in [7, 11) is 0. The standard InChI is InChI=1S/C24H34O10.C15H22N2O4/c1-5-9-31-21(27)17-11-18(22(28)32-10-6-2)20(24(30)34-14-16(26)8-4)12-19(17)23(29)33-13-15(25)7-3;1-4-8-20-14(18)16-12-7-6-11(3)13(10-12)17-15(19)21-9-5-2/h11-12,15-16,25-26H,5-10,13-14H2,1-4H3;6-7,10H,4-5,8-9H2,1-3H3,(H,16,18)(H,17,19). The van der Waals surface area contributed by atoms with Crippen molar-refractivity contribution in [2.45, 2.75) is 99.2 Å². The summed E-state index contributed by atoms with van der Waals surface area (Å²) < 4.78 is 30.3. The molecule has 16 heteroatoms. The van der Waals surface area contributed by atoms with Crippen LogP contribution in [0, 0.1) is 6.92 Å². The third kappa shape index (κ3) is 17.6. The summed E-state index contributed by atoms with van der Waals surface area (Å²) >= 11 is 0. The molecule has 0 aromatic heterocycles. The summed E-state index contributed by atoms with van der Waals surface area (Å²) in [4.78, 5) is 73.9. The Labute approximate surface area is 322 Å². The maximum atomic E-state index is 12.8. The van der Waals surface area contributed by atoms with Crippen LogP contribution in [0.25, 0.3) is 0 Å². The number of nitrogens with one attached hydrogen (secondary N) is 2. The van der Waals surface area contributed by atoms with Gasteiger partial charge in [0.05, 0.1) is 60.9 Å². The van der Waals surface area contributed by atoms with Gasteiger partial charge in [0.1, 0.15) is 13.2 Å². The molecule has 2 amide bonds.